The van der Waals surface area contributed by atoms with Gasteiger partial charge in [0.15, 0.2) is 17.5 Å². The maximum Gasteiger partial charge on any atom is 0.406 e. The molecule has 8 aliphatic rings. The number of anilines is 11. The number of nitrogens with zero attached hydrogens (tertiary/aromatic N) is 16. The maximum absolute atomic E-state index is 8.03. The third kappa shape index (κ3) is 11.8. The molecule has 0 saturated carbocycles. The third-order valence-corrected chi connectivity index (χ3v) is 23.3. The summed E-state index contributed by atoms with van der Waals surface area (Å²) < 4.78 is 48.3. The van der Waals surface area contributed by atoms with Crippen molar-refractivity contribution >= 4 is 184 Å². The minimum atomic E-state index is -2.21. The van der Waals surface area contributed by atoms with Crippen molar-refractivity contribution in [2.45, 2.75) is 52.4 Å². The molecule has 20 nitrogen and oxygen atoms in total. The number of hydrogen-bond acceptors (Lipinski definition) is 20. The summed E-state index contributed by atoms with van der Waals surface area (Å²) in [7, 11) is 8.26. The van der Waals surface area contributed by atoms with Gasteiger partial charge in [-0.1, -0.05) is 163 Å². The number of fused-ring (bicyclic) bond motifs is 16. The zero-order valence-electron chi connectivity index (χ0n) is 67.9. The summed E-state index contributed by atoms with van der Waals surface area (Å²) in [4.78, 5) is 45.3. The fourth-order valence-corrected chi connectivity index (χ4v) is 18.0. The average molecular weight is 1510 g/mol. The largest absolute Gasteiger partial charge is 0.455 e. The minimum Gasteiger partial charge on any atom is -0.455 e. The highest BCUT2D eigenvalue weighted by molar-refractivity contribution is 6.77. The van der Waals surface area contributed by atoms with Crippen molar-refractivity contribution in [3.8, 4) is 0 Å². The highest BCUT2D eigenvalue weighted by atomic mass is 16.3. The van der Waals surface area contributed by atoms with Crippen LogP contribution in [0.1, 0.15) is 31.8 Å². The molecule has 0 spiro atoms. The van der Waals surface area contributed by atoms with Gasteiger partial charge in [0, 0.05) is 120 Å². The van der Waals surface area contributed by atoms with Gasteiger partial charge >= 0.3 is 27.9 Å². The summed E-state index contributed by atoms with van der Waals surface area (Å²) in [5, 5.41) is 8.99. The lowest BCUT2D eigenvalue weighted by molar-refractivity contribution is 0.560. The lowest BCUT2D eigenvalue weighted by Crippen LogP contribution is -2.56. The maximum atomic E-state index is 8.03. The molecule has 0 amide bonds. The molecule has 0 unspecified atom stereocenters. The first kappa shape index (κ1) is 66.9. The number of hydrogen-bond donors (Lipinski definition) is 0. The summed E-state index contributed by atoms with van der Waals surface area (Å²) in [6, 6.07) is 80.0. The van der Waals surface area contributed by atoms with E-state index < -0.39 is 6.98 Å². The molecule has 23 rings (SSSR count). The number of aromatic nitrogens is 4. The van der Waals surface area contributed by atoms with Crippen molar-refractivity contribution in [2.24, 2.45) is 0 Å². The molecule has 0 radical (unpaired) electrons. The van der Waals surface area contributed by atoms with Gasteiger partial charge in [0.25, 0.3) is 0 Å². The lowest BCUT2D eigenvalue weighted by Gasteiger charge is -2.36. The molecule has 0 saturated heterocycles. The summed E-state index contributed by atoms with van der Waals surface area (Å²) in [6.07, 6.45) is 15.5. The van der Waals surface area contributed by atoms with Crippen molar-refractivity contribution in [2.75, 3.05) is 74.0 Å². The second kappa shape index (κ2) is 28.4. The van der Waals surface area contributed by atoms with E-state index in [9.17, 15) is 0 Å². The normalized spacial score (nSPS) is 18.4. The Labute approximate surface area is 671 Å². The number of furan rings is 4. The van der Waals surface area contributed by atoms with E-state index in [1.54, 1.807) is 12.4 Å². The predicted molar refractivity (Wildman–Crippen MR) is 471 cm³/mol. The van der Waals surface area contributed by atoms with Crippen LogP contribution in [0.4, 0.5) is 63.1 Å². The Kier molecular flexibility index (Phi) is 16.5. The summed E-state index contributed by atoms with van der Waals surface area (Å²) in [5.74, 6) is 12.8. The first-order valence-corrected chi connectivity index (χ1v) is 39.0. The van der Waals surface area contributed by atoms with Gasteiger partial charge in [0.2, 0.25) is 0 Å². The fraction of sp³-hybridized carbons (Fsp3) is 0.143. The van der Waals surface area contributed by atoms with Crippen molar-refractivity contribution in [3.63, 3.8) is 0 Å². The van der Waals surface area contributed by atoms with E-state index >= 15 is 0 Å². The topological polar surface area (TPSA) is 143 Å². The second-order valence-corrected chi connectivity index (χ2v) is 30.0. The highest BCUT2D eigenvalue weighted by Crippen LogP contribution is 2.47. The lowest BCUT2D eigenvalue weighted by atomic mass is 9.69. The molecule has 15 aromatic rings. The Bertz CT molecular complexity index is 6440. The predicted octanol–water partition coefficient (Wildman–Crippen LogP) is 11.6. The molecule has 8 aromatic carbocycles. The first-order valence-electron chi connectivity index (χ1n) is 40.5. The number of para-hydroxylation sites is 9. The van der Waals surface area contributed by atoms with Crippen molar-refractivity contribution < 1.29 is 21.8 Å². The van der Waals surface area contributed by atoms with Crippen LogP contribution in [0.2, 0.25) is 0 Å². The zero-order valence-corrected chi connectivity index (χ0v) is 64.9. The summed E-state index contributed by atoms with van der Waals surface area (Å²) in [5.41, 5.74) is 14.5. The number of pyridine rings is 2. The average Bonchev–Trinajstić information content (AvgIpc) is 1.60. The molecule has 0 fully saturated rings. The number of benzene rings is 8. The van der Waals surface area contributed by atoms with Crippen LogP contribution in [-0.2, 0) is 0 Å². The molecule has 0 aliphatic carbocycles. The van der Waals surface area contributed by atoms with Gasteiger partial charge in [-0.05, 0) is 153 Å². The molecule has 15 heterocycles. The Hall–Kier alpha value is -13.9. The zero-order chi connectivity index (χ0) is 80.4. The van der Waals surface area contributed by atoms with Gasteiger partial charge in [-0.15, -0.1) is 0 Å². The SMILES string of the molecule is C[C@@H]1N(B2C=c3c(oc4ccccc34)=CN2C)c2cccnc2N1c1ccccc1.C[C@@H]1N(B2C=c3c(oc4ccccc34)=CN2C)c2ncccc2N1c1ccccc1.C[C@@H]1N(B2C=c3c(oc4ccccc34)=CN2C)c2nccnc2N1c1ccccc1.[2H]C([2H])([2H])N1c2ccccc2N(B2C=c3c(oc4ccccc34)=CN2C)[C@H]1C. The van der Waals surface area contributed by atoms with Crippen LogP contribution < -0.4 is 81.4 Å². The van der Waals surface area contributed by atoms with Crippen LogP contribution in [0.25, 0.3) is 92.6 Å². The van der Waals surface area contributed by atoms with E-state index in [0.29, 0.717) is 0 Å². The summed E-state index contributed by atoms with van der Waals surface area (Å²) in [6.45, 7) is 6.32. The quantitative estimate of drug-likeness (QED) is 0.139. The van der Waals surface area contributed by atoms with Gasteiger partial charge in [-0.25, -0.2) is 19.9 Å². The van der Waals surface area contributed by atoms with E-state index in [4.69, 9.17) is 36.7 Å². The molecule has 115 heavy (non-hydrogen) atoms. The molecule has 8 aliphatic heterocycles. The first-order chi connectivity index (χ1) is 57.5. The van der Waals surface area contributed by atoms with Gasteiger partial charge < -0.3 is 75.8 Å². The van der Waals surface area contributed by atoms with Crippen LogP contribution in [0.5, 0.6) is 0 Å². The van der Waals surface area contributed by atoms with Crippen LogP contribution in [0, 0.1) is 0 Å². The molecule has 4 atom stereocenters. The van der Waals surface area contributed by atoms with Gasteiger partial charge in [-0.3, -0.25) is 0 Å². The Morgan fingerprint density at radius 1 is 0.287 bits per heavy atom. The van der Waals surface area contributed by atoms with Gasteiger partial charge in [-0.2, -0.15) is 0 Å². The Morgan fingerprint density at radius 3 is 1.04 bits per heavy atom. The van der Waals surface area contributed by atoms with E-state index in [2.05, 4.69) is 276 Å². The molecular weight excluding hydrogens is 1420 g/mol. The van der Waals surface area contributed by atoms with E-state index in [0.717, 1.165) is 144 Å². The van der Waals surface area contributed by atoms with Crippen LogP contribution in [-0.4, -0.2) is 127 Å². The Morgan fingerprint density at radius 2 is 0.600 bits per heavy atom. The van der Waals surface area contributed by atoms with Crippen LogP contribution in [0.15, 0.2) is 279 Å². The minimum absolute atomic E-state index is 0.0160. The molecular formula is C91H82B4N16O4. The van der Waals surface area contributed by atoms with Crippen molar-refractivity contribution in [3.05, 3.63) is 304 Å². The van der Waals surface area contributed by atoms with E-state index in [1.807, 2.05) is 136 Å². The standard InChI is InChI=1S/2C24H21BN4O.C23H20BN5O.C20H20BN3O/c1-17-28(18-9-4-3-5-10-18)24-21(12-8-14-26-24)29(17)25-15-20-19-11-6-7-13-22(19)30-23(20)16-27(25)2;1-17-28(18-9-4-3-5-10-18)21-12-8-14-26-24(21)29(17)25-15-20-19-11-6-7-13-22(19)30-23(20)16-27(25)2;1-16-28(17-8-4-3-5-9-17)22-23(26-13-12-25-22)29(16)24-14-19-18-10-6-7-11-20(18)30-21(19)15-27(24)2;1-14-23(3)17-9-5-6-10-18(17)24(14)21-12-16-15-8-4-7-11-19(15)25-20(16)13-22(21)2/h2*3-17H,1-2H3;3-16H,1-2H3;4-14H,1-3H3/t2*17-;16-;14-/m0000/s1/i;;;3D3. The molecule has 0 N–H and O–H groups in total. The van der Waals surface area contributed by atoms with Gasteiger partial charge in [0.05, 0.1) is 47.4 Å². The van der Waals surface area contributed by atoms with Crippen LogP contribution >= 0.6 is 0 Å². The van der Waals surface area contributed by atoms with Crippen molar-refractivity contribution in [1.82, 2.24) is 39.2 Å². The highest BCUT2D eigenvalue weighted by Gasteiger charge is 2.47. The van der Waals surface area contributed by atoms with Gasteiger partial charge in [0.1, 0.15) is 49.8 Å². The molecule has 562 valence electrons. The number of rotatable bonds is 7. The van der Waals surface area contributed by atoms with Crippen molar-refractivity contribution in [1.29, 1.82) is 0 Å². The fourth-order valence-electron chi connectivity index (χ4n) is 18.0. The third-order valence-electron chi connectivity index (χ3n) is 23.3. The smallest absolute Gasteiger partial charge is 0.406 e. The Balaban J connectivity index is 0.000000101. The van der Waals surface area contributed by atoms with E-state index in [1.165, 1.54) is 10.6 Å². The van der Waals surface area contributed by atoms with Crippen LogP contribution in [0.3, 0.4) is 0 Å². The molecule has 7 aromatic heterocycles. The monoisotopic (exact) mass is 1510 g/mol. The van der Waals surface area contributed by atoms with E-state index in [-0.39, 0.29) is 52.6 Å². The molecule has 24 heteroatoms. The molecule has 0 bridgehead atoms. The summed E-state index contributed by atoms with van der Waals surface area (Å²) >= 11 is 0. The second-order valence-electron chi connectivity index (χ2n) is 30.0.